The van der Waals surface area contributed by atoms with Crippen LogP contribution in [0.1, 0.15) is 25.7 Å². The van der Waals surface area contributed by atoms with Crippen molar-refractivity contribution in [3.63, 3.8) is 0 Å². The normalized spacial score (nSPS) is 18.8. The maximum atomic E-state index is 11.0. The van der Waals surface area contributed by atoms with E-state index in [1.54, 1.807) is 7.05 Å². The van der Waals surface area contributed by atoms with Gasteiger partial charge in [0.1, 0.15) is 0 Å². The molecule has 3 heteroatoms. The van der Waals surface area contributed by atoms with Gasteiger partial charge in [0, 0.05) is 19.5 Å². The third-order valence-electron chi connectivity index (χ3n) is 2.43. The van der Waals surface area contributed by atoms with E-state index >= 15 is 0 Å². The lowest BCUT2D eigenvalue weighted by molar-refractivity contribution is -0.121. The summed E-state index contributed by atoms with van der Waals surface area (Å²) in [5, 5.41) is 5.82. The molecule has 0 aromatic rings. The highest BCUT2D eigenvalue weighted by atomic mass is 16.1. The fraction of sp³-hybridized carbons (Fsp3) is 0.889. The molecule has 0 aliphatic heterocycles. The van der Waals surface area contributed by atoms with Crippen LogP contribution in [0.25, 0.3) is 0 Å². The molecule has 1 fully saturated rings. The van der Waals surface area contributed by atoms with Gasteiger partial charge in [0.15, 0.2) is 0 Å². The largest absolute Gasteiger partial charge is 0.359 e. The summed E-state index contributed by atoms with van der Waals surface area (Å²) in [6.07, 6.45) is 4.48. The van der Waals surface area contributed by atoms with Crippen molar-refractivity contribution in [3.05, 3.63) is 0 Å². The SMILES string of the molecule is CNC(=O)CC(CC1CC1)NC. The molecule has 0 radical (unpaired) electrons. The summed E-state index contributed by atoms with van der Waals surface area (Å²) in [6.45, 7) is 0. The minimum absolute atomic E-state index is 0.134. The molecule has 0 aromatic heterocycles. The van der Waals surface area contributed by atoms with E-state index in [0.717, 1.165) is 12.3 Å². The summed E-state index contributed by atoms with van der Waals surface area (Å²) in [5.74, 6) is 1.02. The molecule has 1 atom stereocenters. The molecule has 1 rings (SSSR count). The number of hydrogen-bond donors (Lipinski definition) is 2. The Kier molecular flexibility index (Phi) is 3.53. The minimum Gasteiger partial charge on any atom is -0.359 e. The van der Waals surface area contributed by atoms with Crippen LogP contribution >= 0.6 is 0 Å². The van der Waals surface area contributed by atoms with Crippen molar-refractivity contribution < 1.29 is 4.79 Å². The van der Waals surface area contributed by atoms with Crippen LogP contribution in [0.3, 0.4) is 0 Å². The maximum absolute atomic E-state index is 11.0. The smallest absolute Gasteiger partial charge is 0.221 e. The lowest BCUT2D eigenvalue weighted by atomic mass is 10.1. The topological polar surface area (TPSA) is 41.1 Å². The first kappa shape index (κ1) is 9.52. The Morgan fingerprint density at radius 3 is 2.58 bits per heavy atom. The molecule has 2 N–H and O–H groups in total. The van der Waals surface area contributed by atoms with Gasteiger partial charge in [-0.15, -0.1) is 0 Å². The molecule has 1 aliphatic carbocycles. The first-order valence-electron chi connectivity index (χ1n) is 4.64. The highest BCUT2D eigenvalue weighted by molar-refractivity contribution is 5.76. The van der Waals surface area contributed by atoms with E-state index in [0.29, 0.717) is 12.5 Å². The first-order chi connectivity index (χ1) is 5.76. The fourth-order valence-corrected chi connectivity index (χ4v) is 1.39. The Bertz CT molecular complexity index is 155. The standard InChI is InChI=1S/C9H18N2O/c1-10-8(5-7-3-4-7)6-9(12)11-2/h7-8,10H,3-6H2,1-2H3,(H,11,12). The molecular weight excluding hydrogens is 152 g/mol. The van der Waals surface area contributed by atoms with Gasteiger partial charge in [0.2, 0.25) is 5.91 Å². The van der Waals surface area contributed by atoms with E-state index in [1.165, 1.54) is 12.8 Å². The molecular formula is C9H18N2O. The van der Waals surface area contributed by atoms with Crippen LogP contribution in [0.4, 0.5) is 0 Å². The Labute approximate surface area is 73.9 Å². The summed E-state index contributed by atoms with van der Waals surface area (Å²) in [6, 6.07) is 0.373. The summed E-state index contributed by atoms with van der Waals surface area (Å²) in [5.41, 5.74) is 0. The van der Waals surface area contributed by atoms with Gasteiger partial charge >= 0.3 is 0 Å². The van der Waals surface area contributed by atoms with Gasteiger partial charge in [-0.25, -0.2) is 0 Å². The van der Waals surface area contributed by atoms with Gasteiger partial charge in [-0.2, -0.15) is 0 Å². The molecule has 1 aliphatic rings. The molecule has 12 heavy (non-hydrogen) atoms. The summed E-state index contributed by atoms with van der Waals surface area (Å²) in [7, 11) is 3.61. The van der Waals surface area contributed by atoms with Crippen molar-refractivity contribution in [1.29, 1.82) is 0 Å². The maximum Gasteiger partial charge on any atom is 0.221 e. The predicted molar refractivity (Wildman–Crippen MR) is 48.9 cm³/mol. The number of carbonyl (C=O) groups is 1. The van der Waals surface area contributed by atoms with Gasteiger partial charge in [-0.3, -0.25) is 4.79 Å². The van der Waals surface area contributed by atoms with Gasteiger partial charge in [-0.05, 0) is 19.4 Å². The van der Waals surface area contributed by atoms with Gasteiger partial charge < -0.3 is 10.6 Å². The molecule has 3 nitrogen and oxygen atoms in total. The second-order valence-electron chi connectivity index (χ2n) is 3.54. The Balaban J connectivity index is 2.18. The average molecular weight is 170 g/mol. The number of carbonyl (C=O) groups excluding carboxylic acids is 1. The number of hydrogen-bond acceptors (Lipinski definition) is 2. The monoisotopic (exact) mass is 170 g/mol. The Hall–Kier alpha value is -0.570. The molecule has 0 bridgehead atoms. The second-order valence-corrected chi connectivity index (χ2v) is 3.54. The van der Waals surface area contributed by atoms with Crippen LogP contribution in [0.2, 0.25) is 0 Å². The van der Waals surface area contributed by atoms with Crippen LogP contribution in [0, 0.1) is 5.92 Å². The molecule has 0 heterocycles. The van der Waals surface area contributed by atoms with Crippen molar-refractivity contribution in [2.45, 2.75) is 31.7 Å². The van der Waals surface area contributed by atoms with E-state index in [2.05, 4.69) is 10.6 Å². The van der Waals surface area contributed by atoms with Crippen molar-refractivity contribution >= 4 is 5.91 Å². The van der Waals surface area contributed by atoms with E-state index < -0.39 is 0 Å². The van der Waals surface area contributed by atoms with Gasteiger partial charge in [-0.1, -0.05) is 12.8 Å². The molecule has 0 aromatic carbocycles. The number of rotatable bonds is 5. The highest BCUT2D eigenvalue weighted by Crippen LogP contribution is 2.33. The van der Waals surface area contributed by atoms with E-state index in [-0.39, 0.29) is 5.91 Å². The van der Waals surface area contributed by atoms with E-state index in [1.807, 2.05) is 7.05 Å². The van der Waals surface area contributed by atoms with Crippen molar-refractivity contribution in [1.82, 2.24) is 10.6 Å². The zero-order valence-electron chi connectivity index (χ0n) is 7.89. The van der Waals surface area contributed by atoms with E-state index in [4.69, 9.17) is 0 Å². The van der Waals surface area contributed by atoms with Gasteiger partial charge in [0.25, 0.3) is 0 Å². The molecule has 1 amide bonds. The van der Waals surface area contributed by atoms with Crippen molar-refractivity contribution in [3.8, 4) is 0 Å². The number of nitrogens with one attached hydrogen (secondary N) is 2. The third kappa shape index (κ3) is 3.22. The molecule has 70 valence electrons. The predicted octanol–water partition coefficient (Wildman–Crippen LogP) is 0.511. The molecule has 0 saturated heterocycles. The quantitative estimate of drug-likeness (QED) is 0.631. The average Bonchev–Trinajstić information content (AvgIpc) is 2.86. The van der Waals surface area contributed by atoms with Crippen molar-refractivity contribution in [2.24, 2.45) is 5.92 Å². The molecule has 0 spiro atoms. The second kappa shape index (κ2) is 4.45. The zero-order chi connectivity index (χ0) is 8.97. The van der Waals surface area contributed by atoms with Crippen LogP contribution in [0.5, 0.6) is 0 Å². The number of amides is 1. The van der Waals surface area contributed by atoms with Crippen LogP contribution < -0.4 is 10.6 Å². The van der Waals surface area contributed by atoms with E-state index in [9.17, 15) is 4.79 Å². The Morgan fingerprint density at radius 2 is 2.17 bits per heavy atom. The molecule has 1 saturated carbocycles. The minimum atomic E-state index is 0.134. The fourth-order valence-electron chi connectivity index (χ4n) is 1.39. The lowest BCUT2D eigenvalue weighted by Gasteiger charge is -2.14. The summed E-state index contributed by atoms with van der Waals surface area (Å²) >= 11 is 0. The molecule has 1 unspecified atom stereocenters. The highest BCUT2D eigenvalue weighted by Gasteiger charge is 2.25. The lowest BCUT2D eigenvalue weighted by Crippen LogP contribution is -2.32. The third-order valence-corrected chi connectivity index (χ3v) is 2.43. The summed E-state index contributed by atoms with van der Waals surface area (Å²) < 4.78 is 0. The summed E-state index contributed by atoms with van der Waals surface area (Å²) in [4.78, 5) is 11.0. The van der Waals surface area contributed by atoms with Crippen LogP contribution in [-0.2, 0) is 4.79 Å². The van der Waals surface area contributed by atoms with Crippen LogP contribution in [-0.4, -0.2) is 26.0 Å². The van der Waals surface area contributed by atoms with Crippen molar-refractivity contribution in [2.75, 3.05) is 14.1 Å². The van der Waals surface area contributed by atoms with Gasteiger partial charge in [0.05, 0.1) is 0 Å². The first-order valence-corrected chi connectivity index (χ1v) is 4.64. The zero-order valence-corrected chi connectivity index (χ0v) is 7.89. The van der Waals surface area contributed by atoms with Crippen LogP contribution in [0.15, 0.2) is 0 Å². The Morgan fingerprint density at radius 1 is 1.50 bits per heavy atom.